The van der Waals surface area contributed by atoms with Gasteiger partial charge in [0.25, 0.3) is 5.97 Å². The molecule has 0 fully saturated rings. The molecule has 27 heavy (non-hydrogen) atoms. The molecule has 0 bridgehead atoms. The number of para-hydroxylation sites is 1. The van der Waals surface area contributed by atoms with Gasteiger partial charge in [-0.25, -0.2) is 4.79 Å². The molecule has 2 N–H and O–H groups in total. The van der Waals surface area contributed by atoms with Crippen LogP contribution in [0.4, 0.5) is 11.4 Å². The molecular weight excluding hydrogens is 393 g/mol. The number of aryl methyl sites for hydroxylation is 1. The van der Waals surface area contributed by atoms with Crippen LogP contribution in [0.2, 0.25) is 10.0 Å². The van der Waals surface area contributed by atoms with Crippen LogP contribution in [0.3, 0.4) is 0 Å². The first kappa shape index (κ1) is 22.8. The van der Waals surface area contributed by atoms with E-state index >= 15 is 0 Å². The first-order valence-electron chi connectivity index (χ1n) is 8.03. The lowest BCUT2D eigenvalue weighted by molar-refractivity contribution is -0.134. The zero-order chi connectivity index (χ0) is 20.4. The van der Waals surface area contributed by atoms with Gasteiger partial charge in [0.1, 0.15) is 0 Å². The predicted molar refractivity (Wildman–Crippen MR) is 106 cm³/mol. The highest BCUT2D eigenvalue weighted by Crippen LogP contribution is 2.36. The second kappa shape index (κ2) is 11.4. The summed E-state index contributed by atoms with van der Waals surface area (Å²) in [5, 5.41) is 11.5. The van der Waals surface area contributed by atoms with Crippen LogP contribution in [-0.2, 0) is 14.3 Å². The van der Waals surface area contributed by atoms with Crippen molar-refractivity contribution in [3.8, 4) is 0 Å². The molecule has 0 saturated heterocycles. The summed E-state index contributed by atoms with van der Waals surface area (Å²) in [5.74, 6) is -1.32. The van der Waals surface area contributed by atoms with E-state index in [1.165, 1.54) is 0 Å². The molecule has 6 nitrogen and oxygen atoms in total. The number of aliphatic carboxylic acids is 1. The number of hydrogen-bond acceptors (Lipinski definition) is 5. The number of anilines is 2. The van der Waals surface area contributed by atoms with E-state index in [0.29, 0.717) is 33.6 Å². The van der Waals surface area contributed by atoms with E-state index in [-0.39, 0.29) is 6.79 Å². The second-order valence-electron chi connectivity index (χ2n) is 5.29. The summed E-state index contributed by atoms with van der Waals surface area (Å²) in [6.45, 7) is 5.18. The van der Waals surface area contributed by atoms with Crippen molar-refractivity contribution in [3.05, 3.63) is 57.6 Å². The van der Waals surface area contributed by atoms with E-state index in [2.05, 4.69) is 5.32 Å². The van der Waals surface area contributed by atoms with Crippen molar-refractivity contribution in [1.82, 2.24) is 0 Å². The van der Waals surface area contributed by atoms with Crippen molar-refractivity contribution in [2.45, 2.75) is 20.8 Å². The minimum atomic E-state index is -0.833. The van der Waals surface area contributed by atoms with Gasteiger partial charge in [-0.3, -0.25) is 4.79 Å². The Labute approximate surface area is 168 Å². The molecule has 0 aliphatic heterocycles. The maximum absolute atomic E-state index is 12.2. The number of hydrogen-bond donors (Lipinski definition) is 2. The van der Waals surface area contributed by atoms with Crippen LogP contribution in [0, 0.1) is 6.92 Å². The molecule has 0 radical (unpaired) electrons. The molecule has 2 aromatic rings. The number of nitrogens with one attached hydrogen (secondary N) is 1. The van der Waals surface area contributed by atoms with Gasteiger partial charge in [0, 0.05) is 13.5 Å². The number of carboxylic acid groups (broad SMARTS) is 1. The van der Waals surface area contributed by atoms with Crippen LogP contribution in [0.15, 0.2) is 36.4 Å². The number of carbonyl (C=O) groups excluding carboxylic acids is 1. The van der Waals surface area contributed by atoms with E-state index in [4.69, 9.17) is 42.6 Å². The van der Waals surface area contributed by atoms with Gasteiger partial charge in [-0.1, -0.05) is 41.4 Å². The Balaban J connectivity index is 0.000000828. The molecule has 0 unspecified atom stereocenters. The van der Waals surface area contributed by atoms with Crippen LogP contribution >= 0.6 is 23.2 Å². The molecular formula is C19H21Cl2NO5. The summed E-state index contributed by atoms with van der Waals surface area (Å²) in [4.78, 5) is 21.2. The average Bonchev–Trinajstić information content (AvgIpc) is 2.62. The van der Waals surface area contributed by atoms with Gasteiger partial charge < -0.3 is 19.9 Å². The van der Waals surface area contributed by atoms with Crippen molar-refractivity contribution in [3.63, 3.8) is 0 Å². The van der Waals surface area contributed by atoms with Crippen LogP contribution in [0.25, 0.3) is 0 Å². The van der Waals surface area contributed by atoms with Crippen molar-refractivity contribution in [2.24, 2.45) is 0 Å². The van der Waals surface area contributed by atoms with E-state index in [0.717, 1.165) is 12.5 Å². The Hall–Kier alpha value is -2.28. The molecule has 2 rings (SSSR count). The molecule has 146 valence electrons. The van der Waals surface area contributed by atoms with Crippen molar-refractivity contribution < 1.29 is 24.2 Å². The lowest BCUT2D eigenvalue weighted by Crippen LogP contribution is -2.11. The SMILES string of the molecule is CC(=O)O.CCOCOC(=O)c1ccccc1Nc1c(Cl)ccc(C)c1Cl. The Morgan fingerprint density at radius 3 is 2.41 bits per heavy atom. The summed E-state index contributed by atoms with van der Waals surface area (Å²) >= 11 is 12.5. The van der Waals surface area contributed by atoms with Gasteiger partial charge in [0.2, 0.25) is 0 Å². The van der Waals surface area contributed by atoms with Gasteiger partial charge in [-0.2, -0.15) is 0 Å². The number of benzene rings is 2. The predicted octanol–water partition coefficient (Wildman–Crippen LogP) is 5.29. The molecule has 0 atom stereocenters. The molecule has 8 heteroatoms. The number of halogens is 2. The first-order valence-corrected chi connectivity index (χ1v) is 8.78. The van der Waals surface area contributed by atoms with E-state index in [1.807, 2.05) is 19.9 Å². The third kappa shape index (κ3) is 7.46. The Bertz CT molecular complexity index is 792. The number of rotatable bonds is 6. The smallest absolute Gasteiger partial charge is 0.342 e. The monoisotopic (exact) mass is 413 g/mol. The fraction of sp³-hybridized carbons (Fsp3) is 0.263. The number of carbonyl (C=O) groups is 2. The fourth-order valence-corrected chi connectivity index (χ4v) is 2.40. The second-order valence-corrected chi connectivity index (χ2v) is 6.07. The highest BCUT2D eigenvalue weighted by Gasteiger charge is 2.15. The Morgan fingerprint density at radius 1 is 1.15 bits per heavy atom. The van der Waals surface area contributed by atoms with Crippen LogP contribution in [0.5, 0.6) is 0 Å². The minimum Gasteiger partial charge on any atom is -0.481 e. The maximum atomic E-state index is 12.2. The third-order valence-electron chi connectivity index (χ3n) is 3.17. The molecule has 0 saturated carbocycles. The topological polar surface area (TPSA) is 84.9 Å². The van der Waals surface area contributed by atoms with Crippen molar-refractivity contribution in [1.29, 1.82) is 0 Å². The molecule has 2 aromatic carbocycles. The van der Waals surface area contributed by atoms with Crippen molar-refractivity contribution in [2.75, 3.05) is 18.7 Å². The van der Waals surface area contributed by atoms with Crippen LogP contribution < -0.4 is 5.32 Å². The van der Waals surface area contributed by atoms with Gasteiger partial charge in [-0.15, -0.1) is 0 Å². The standard InChI is InChI=1S/C17H17Cl2NO3.C2H4O2/c1-3-22-10-23-17(21)12-6-4-5-7-14(12)20-16-13(18)9-8-11(2)15(16)19;1-2(3)4/h4-9,20H,3,10H2,1-2H3;1H3,(H,3,4). The molecule has 0 spiro atoms. The summed E-state index contributed by atoms with van der Waals surface area (Å²) in [6.07, 6.45) is 0. The van der Waals surface area contributed by atoms with Crippen LogP contribution in [0.1, 0.15) is 29.8 Å². The first-order chi connectivity index (χ1) is 12.8. The highest BCUT2D eigenvalue weighted by atomic mass is 35.5. The molecule has 0 aliphatic rings. The highest BCUT2D eigenvalue weighted by molar-refractivity contribution is 6.39. The number of carboxylic acids is 1. The van der Waals surface area contributed by atoms with Gasteiger partial charge >= 0.3 is 5.97 Å². The minimum absolute atomic E-state index is 0.0877. The van der Waals surface area contributed by atoms with Gasteiger partial charge in [-0.05, 0) is 37.6 Å². The summed E-state index contributed by atoms with van der Waals surface area (Å²) in [6, 6.07) is 10.6. The number of esters is 1. The molecule has 0 aromatic heterocycles. The van der Waals surface area contributed by atoms with Crippen molar-refractivity contribution >= 4 is 46.5 Å². The summed E-state index contributed by atoms with van der Waals surface area (Å²) in [7, 11) is 0. The maximum Gasteiger partial charge on any atom is 0.342 e. The number of ether oxygens (including phenoxy) is 2. The normalized spacial score (nSPS) is 9.81. The lowest BCUT2D eigenvalue weighted by atomic mass is 10.1. The Kier molecular flexibility index (Phi) is 9.64. The molecule has 0 heterocycles. The lowest BCUT2D eigenvalue weighted by Gasteiger charge is -2.15. The molecule has 0 aliphatic carbocycles. The summed E-state index contributed by atoms with van der Waals surface area (Å²) < 4.78 is 10.1. The summed E-state index contributed by atoms with van der Waals surface area (Å²) in [5.41, 5.74) is 2.37. The average molecular weight is 414 g/mol. The van der Waals surface area contributed by atoms with Gasteiger partial charge in [0.05, 0.1) is 27.0 Å². The molecule has 0 amide bonds. The van der Waals surface area contributed by atoms with E-state index < -0.39 is 11.9 Å². The van der Waals surface area contributed by atoms with Crippen LogP contribution in [-0.4, -0.2) is 30.4 Å². The fourth-order valence-electron chi connectivity index (χ4n) is 1.93. The quantitative estimate of drug-likeness (QED) is 0.380. The zero-order valence-electron chi connectivity index (χ0n) is 15.2. The Morgan fingerprint density at radius 2 is 1.78 bits per heavy atom. The third-order valence-corrected chi connectivity index (χ3v) is 3.97. The largest absolute Gasteiger partial charge is 0.481 e. The van der Waals surface area contributed by atoms with Gasteiger partial charge in [0.15, 0.2) is 6.79 Å². The van der Waals surface area contributed by atoms with E-state index in [1.54, 1.807) is 30.3 Å². The zero-order valence-corrected chi connectivity index (χ0v) is 16.7. The van der Waals surface area contributed by atoms with E-state index in [9.17, 15) is 4.79 Å².